The van der Waals surface area contributed by atoms with Crippen molar-refractivity contribution in [1.82, 2.24) is 15.1 Å². The van der Waals surface area contributed by atoms with E-state index in [0.29, 0.717) is 11.8 Å². The van der Waals surface area contributed by atoms with Crippen molar-refractivity contribution in [1.29, 1.82) is 0 Å². The summed E-state index contributed by atoms with van der Waals surface area (Å²) in [6.45, 7) is 18.9. The molecule has 0 aliphatic rings. The van der Waals surface area contributed by atoms with Gasteiger partial charge in [0.25, 0.3) is 0 Å². The third-order valence-electron chi connectivity index (χ3n) is 5.92. The molecule has 0 aromatic heterocycles. The van der Waals surface area contributed by atoms with Crippen LogP contribution in [0.5, 0.6) is 0 Å². The summed E-state index contributed by atoms with van der Waals surface area (Å²) in [5.74, 6) is 4.02. The van der Waals surface area contributed by atoms with Gasteiger partial charge < -0.3 is 15.2 Å². The second-order valence-electron chi connectivity index (χ2n) is 10.6. The molecule has 0 spiro atoms. The summed E-state index contributed by atoms with van der Waals surface area (Å²) in [5, 5.41) is 3.38. The maximum atomic E-state index is 5.91. The highest BCUT2D eigenvalue weighted by atomic mass is 15.1. The van der Waals surface area contributed by atoms with E-state index in [9.17, 15) is 0 Å². The topological polar surface area (TPSA) is 43.2 Å². The van der Waals surface area contributed by atoms with Crippen molar-refractivity contribution in [2.24, 2.45) is 27.7 Å². The summed E-state index contributed by atoms with van der Waals surface area (Å²) >= 11 is 0. The van der Waals surface area contributed by atoms with Gasteiger partial charge in [0, 0.05) is 82.3 Å². The first-order valence-corrected chi connectivity index (χ1v) is 13.4. The first-order valence-electron chi connectivity index (χ1n) is 13.4. The Morgan fingerprint density at radius 2 is 1.78 bits per heavy atom. The molecule has 0 saturated heterocycles. The van der Waals surface area contributed by atoms with Crippen LogP contribution in [0.2, 0.25) is 0 Å². The Morgan fingerprint density at radius 1 is 1.11 bits per heavy atom. The molecule has 3 atom stereocenters. The van der Waals surface area contributed by atoms with Crippen molar-refractivity contribution < 1.29 is 0 Å². The zero-order valence-electron chi connectivity index (χ0n) is 25.3. The number of hydrogen-bond acceptors (Lipinski definition) is 5. The molecule has 5 heteroatoms. The van der Waals surface area contributed by atoms with Crippen molar-refractivity contribution in [2.75, 3.05) is 41.3 Å². The third kappa shape index (κ3) is 16.5. The number of rotatable bonds is 17. The van der Waals surface area contributed by atoms with E-state index in [1.54, 1.807) is 0 Å². The van der Waals surface area contributed by atoms with E-state index >= 15 is 0 Å². The van der Waals surface area contributed by atoms with E-state index in [1.165, 1.54) is 5.57 Å². The van der Waals surface area contributed by atoms with E-state index in [0.717, 1.165) is 42.8 Å². The number of terminal acetylenes is 1. The Bertz CT molecular complexity index is 893. The normalized spacial score (nSPS) is 16.1. The molecule has 37 heavy (non-hydrogen) atoms. The Morgan fingerprint density at radius 3 is 2.35 bits per heavy atom. The molecule has 0 saturated carbocycles. The lowest BCUT2D eigenvalue weighted by Crippen LogP contribution is -2.28. The van der Waals surface area contributed by atoms with E-state index in [-0.39, 0.29) is 12.0 Å². The summed E-state index contributed by atoms with van der Waals surface area (Å²) in [4.78, 5) is 13.0. The second-order valence-corrected chi connectivity index (χ2v) is 10.6. The average Bonchev–Trinajstić information content (AvgIpc) is 2.82. The Labute approximate surface area is 228 Å². The lowest BCUT2D eigenvalue weighted by Gasteiger charge is -2.21. The van der Waals surface area contributed by atoms with Crippen molar-refractivity contribution in [3.63, 3.8) is 0 Å². The molecule has 0 heterocycles. The van der Waals surface area contributed by atoms with Gasteiger partial charge in [-0.1, -0.05) is 51.8 Å². The molecule has 0 aromatic rings. The van der Waals surface area contributed by atoms with Gasteiger partial charge in [-0.15, -0.1) is 6.42 Å². The predicted molar refractivity (Wildman–Crippen MR) is 166 cm³/mol. The van der Waals surface area contributed by atoms with E-state index in [4.69, 9.17) is 6.42 Å². The minimum Gasteiger partial charge on any atom is -0.388 e. The SMILES string of the molecule is C#CC(=C\C(C)=C/CCN(C)C(C)/C=C\N=CC(C)C(=C)NCC(C)C)/C(=C/N(C)C)CC(C)C=NC. The number of hydrogen-bond donors (Lipinski definition) is 1. The van der Waals surface area contributed by atoms with Crippen LogP contribution in [0.15, 0.2) is 69.6 Å². The molecule has 0 aromatic carbocycles. The monoisotopic (exact) mass is 507 g/mol. The molecular formula is C32H53N5. The largest absolute Gasteiger partial charge is 0.388 e. The smallest absolute Gasteiger partial charge is 0.0306 e. The van der Waals surface area contributed by atoms with Crippen LogP contribution in [-0.4, -0.2) is 69.6 Å². The van der Waals surface area contributed by atoms with Gasteiger partial charge >= 0.3 is 0 Å². The van der Waals surface area contributed by atoms with Crippen LogP contribution < -0.4 is 5.32 Å². The Hall–Kier alpha value is -2.84. The molecule has 0 aliphatic carbocycles. The standard InChI is InChI=1S/C32H53N5/c1-13-31(32(24-36(10)11)20-27(5)22-33-9)19-26(4)15-14-18-37(12)29(7)16-17-34-23-28(6)30(8)35-21-25(2)3/h1,15-17,19,22-25,27-29,35H,8,14,18,20-21H2,2-7,9-12H3/b17-16-,26-15-,31-19+,32-24+,33-22?,34-23?. The average molecular weight is 508 g/mol. The number of nitrogens with zero attached hydrogens (tertiary/aromatic N) is 4. The van der Waals surface area contributed by atoms with Crippen molar-refractivity contribution in [3.8, 4) is 12.3 Å². The minimum atomic E-state index is 0.196. The second kappa shape index (κ2) is 19.3. The highest BCUT2D eigenvalue weighted by Gasteiger charge is 2.09. The van der Waals surface area contributed by atoms with Gasteiger partial charge in [0.15, 0.2) is 0 Å². The lowest BCUT2D eigenvalue weighted by atomic mass is 9.95. The quantitative estimate of drug-likeness (QED) is 0.142. The summed E-state index contributed by atoms with van der Waals surface area (Å²) in [6, 6.07) is 0.289. The summed E-state index contributed by atoms with van der Waals surface area (Å²) < 4.78 is 0. The summed E-state index contributed by atoms with van der Waals surface area (Å²) in [6.07, 6.45) is 22.1. The Balaban J connectivity index is 4.99. The summed E-state index contributed by atoms with van der Waals surface area (Å²) in [5.41, 5.74) is 4.26. The number of nitrogens with one attached hydrogen (secondary N) is 1. The van der Waals surface area contributed by atoms with E-state index < -0.39 is 0 Å². The molecule has 0 bridgehead atoms. The highest BCUT2D eigenvalue weighted by molar-refractivity contribution is 5.64. The van der Waals surface area contributed by atoms with Crippen molar-refractivity contribution in [2.45, 2.75) is 60.4 Å². The zero-order chi connectivity index (χ0) is 28.4. The van der Waals surface area contributed by atoms with Gasteiger partial charge in [0.2, 0.25) is 0 Å². The minimum absolute atomic E-state index is 0.196. The molecular weight excluding hydrogens is 454 g/mol. The van der Waals surface area contributed by atoms with Gasteiger partial charge in [-0.05, 0) is 63.3 Å². The van der Waals surface area contributed by atoms with E-state index in [2.05, 4.69) is 106 Å². The third-order valence-corrected chi connectivity index (χ3v) is 5.92. The van der Waals surface area contributed by atoms with Crippen LogP contribution in [0, 0.1) is 30.1 Å². The van der Waals surface area contributed by atoms with Crippen molar-refractivity contribution in [3.05, 3.63) is 59.6 Å². The molecule has 0 amide bonds. The summed E-state index contributed by atoms with van der Waals surface area (Å²) in [7, 11) is 7.99. The molecule has 0 rings (SSSR count). The van der Waals surface area contributed by atoms with Crippen LogP contribution >= 0.6 is 0 Å². The van der Waals surface area contributed by atoms with E-state index in [1.807, 2.05) is 44.7 Å². The maximum Gasteiger partial charge on any atom is 0.0306 e. The van der Waals surface area contributed by atoms with Crippen LogP contribution in [0.3, 0.4) is 0 Å². The fourth-order valence-corrected chi connectivity index (χ4v) is 3.50. The fourth-order valence-electron chi connectivity index (χ4n) is 3.50. The highest BCUT2D eigenvalue weighted by Crippen LogP contribution is 2.21. The molecule has 0 radical (unpaired) electrons. The molecule has 5 nitrogen and oxygen atoms in total. The molecule has 1 N–H and O–H groups in total. The predicted octanol–water partition coefficient (Wildman–Crippen LogP) is 6.35. The molecule has 206 valence electrons. The van der Waals surface area contributed by atoms with Gasteiger partial charge in [0.1, 0.15) is 0 Å². The first kappa shape index (κ1) is 34.2. The van der Waals surface area contributed by atoms with Gasteiger partial charge in [0.05, 0.1) is 0 Å². The zero-order valence-corrected chi connectivity index (χ0v) is 25.3. The lowest BCUT2D eigenvalue weighted by molar-refractivity contribution is 0.302. The fraction of sp³-hybridized carbons (Fsp3) is 0.562. The molecule has 0 fully saturated rings. The van der Waals surface area contributed by atoms with Crippen LogP contribution in [0.1, 0.15) is 54.4 Å². The first-order chi connectivity index (χ1) is 17.4. The van der Waals surface area contributed by atoms with Gasteiger partial charge in [-0.2, -0.15) is 0 Å². The maximum absolute atomic E-state index is 5.91. The van der Waals surface area contributed by atoms with Crippen LogP contribution in [-0.2, 0) is 0 Å². The van der Waals surface area contributed by atoms with Crippen molar-refractivity contribution >= 4 is 12.4 Å². The molecule has 0 aliphatic heterocycles. The van der Waals surface area contributed by atoms with Gasteiger partial charge in [-0.3, -0.25) is 9.89 Å². The van der Waals surface area contributed by atoms with Crippen LogP contribution in [0.4, 0.5) is 0 Å². The van der Waals surface area contributed by atoms with Gasteiger partial charge in [-0.25, -0.2) is 0 Å². The Kier molecular flexibility index (Phi) is 17.8. The molecule has 3 unspecified atom stereocenters. The number of likely N-dealkylation sites (N-methyl/N-ethyl adjacent to an activating group) is 1. The number of allylic oxidation sites excluding steroid dienone is 5. The number of aliphatic imine (C=N–C) groups is 2. The van der Waals surface area contributed by atoms with Crippen LogP contribution in [0.25, 0.3) is 0 Å².